The molecule has 0 aliphatic rings. The van der Waals surface area contributed by atoms with Gasteiger partial charge in [-0.25, -0.2) is 4.98 Å². The summed E-state index contributed by atoms with van der Waals surface area (Å²) in [7, 11) is 0. The minimum Gasteiger partial charge on any atom is -0.354 e. The quantitative estimate of drug-likeness (QED) is 0.213. The van der Waals surface area contributed by atoms with Gasteiger partial charge in [0.15, 0.2) is 0 Å². The number of benzene rings is 6. The lowest BCUT2D eigenvalue weighted by atomic mass is 9.93. The molecule has 0 saturated carbocycles. The van der Waals surface area contributed by atoms with Gasteiger partial charge in [-0.3, -0.25) is 4.98 Å². The molecule has 9 aromatic rings. The van der Waals surface area contributed by atoms with Gasteiger partial charge in [-0.15, -0.1) is 0 Å². The number of hydrogen-bond acceptors (Lipinski definition) is 2. The summed E-state index contributed by atoms with van der Waals surface area (Å²) in [6, 6.07) is 49.6. The molecule has 0 atom stereocenters. The predicted molar refractivity (Wildman–Crippen MR) is 201 cm³/mol. The van der Waals surface area contributed by atoms with Crippen LogP contribution in [-0.2, 0) is 5.54 Å². The van der Waals surface area contributed by atoms with Crippen LogP contribution in [0.1, 0.15) is 20.8 Å². The molecule has 0 amide bonds. The van der Waals surface area contributed by atoms with Gasteiger partial charge in [0.1, 0.15) is 5.82 Å². The maximum absolute atomic E-state index is 5.54. The topological polar surface area (TPSA) is 46.5 Å². The smallest absolute Gasteiger partial charge is 0.143 e. The number of nitrogens with one attached hydrogen (secondary N) is 1. The molecule has 0 saturated heterocycles. The minimum absolute atomic E-state index is 0.220. The third-order valence-electron chi connectivity index (χ3n) is 9.45. The van der Waals surface area contributed by atoms with Gasteiger partial charge in [0, 0.05) is 44.7 Å². The standard InChI is InChI=1S/C44H34N4/c1-44(2,3)48-40-22-12-19-35(42(40)47-43(48)36-20-11-18-34-33-17-9-10-21-38(33)46-41(34)36)37-26-31(25-30-15-7-8-16-32(30)37)39-27-29(23-24-45-39)28-13-5-4-6-14-28/h4-27,46H,1-3H3. The van der Waals surface area contributed by atoms with E-state index in [1.807, 2.05) is 6.20 Å². The molecule has 0 radical (unpaired) electrons. The van der Waals surface area contributed by atoms with Gasteiger partial charge in [0.2, 0.25) is 0 Å². The predicted octanol–water partition coefficient (Wildman–Crippen LogP) is 11.6. The average Bonchev–Trinajstić information content (AvgIpc) is 3.71. The van der Waals surface area contributed by atoms with Crippen molar-refractivity contribution >= 4 is 43.6 Å². The van der Waals surface area contributed by atoms with E-state index in [1.165, 1.54) is 27.1 Å². The number of H-pyrrole nitrogens is 1. The van der Waals surface area contributed by atoms with E-state index in [0.717, 1.165) is 61.4 Å². The van der Waals surface area contributed by atoms with Crippen LogP contribution in [-0.4, -0.2) is 19.5 Å². The molecule has 4 heteroatoms. The van der Waals surface area contributed by atoms with Crippen molar-refractivity contribution < 1.29 is 0 Å². The Morgan fingerprint density at radius 1 is 0.562 bits per heavy atom. The first-order valence-corrected chi connectivity index (χ1v) is 16.5. The molecule has 48 heavy (non-hydrogen) atoms. The Morgan fingerprint density at radius 3 is 2.15 bits per heavy atom. The highest BCUT2D eigenvalue weighted by Gasteiger charge is 2.26. The number of pyridine rings is 1. The Bertz CT molecular complexity index is 2650. The van der Waals surface area contributed by atoms with E-state index in [9.17, 15) is 0 Å². The van der Waals surface area contributed by atoms with Gasteiger partial charge in [0.25, 0.3) is 0 Å². The first kappa shape index (κ1) is 28.2. The number of nitrogens with zero attached hydrogens (tertiary/aromatic N) is 3. The summed E-state index contributed by atoms with van der Waals surface area (Å²) in [6.45, 7) is 6.78. The van der Waals surface area contributed by atoms with Crippen LogP contribution in [0.15, 0.2) is 146 Å². The third-order valence-corrected chi connectivity index (χ3v) is 9.45. The molecule has 0 spiro atoms. The fourth-order valence-electron chi connectivity index (χ4n) is 7.32. The third kappa shape index (κ3) is 4.52. The molecule has 9 rings (SSSR count). The van der Waals surface area contributed by atoms with E-state index in [1.54, 1.807) is 0 Å². The Labute approximate surface area is 279 Å². The molecule has 4 nitrogen and oxygen atoms in total. The zero-order valence-corrected chi connectivity index (χ0v) is 27.2. The second-order valence-electron chi connectivity index (χ2n) is 13.6. The molecular formula is C44H34N4. The van der Waals surface area contributed by atoms with Gasteiger partial charge in [-0.05, 0) is 90.7 Å². The Kier molecular flexibility index (Phi) is 6.34. The van der Waals surface area contributed by atoms with E-state index in [2.05, 4.69) is 170 Å². The lowest BCUT2D eigenvalue weighted by Gasteiger charge is -2.25. The maximum atomic E-state index is 5.54. The Hall–Kier alpha value is -6.00. The number of aromatic amines is 1. The summed E-state index contributed by atoms with van der Waals surface area (Å²) in [5.74, 6) is 0.958. The number of fused-ring (bicyclic) bond motifs is 5. The second-order valence-corrected chi connectivity index (χ2v) is 13.6. The highest BCUT2D eigenvalue weighted by Crippen LogP contribution is 2.42. The van der Waals surface area contributed by atoms with Crippen molar-refractivity contribution in [1.82, 2.24) is 19.5 Å². The monoisotopic (exact) mass is 618 g/mol. The summed E-state index contributed by atoms with van der Waals surface area (Å²) < 4.78 is 2.41. The van der Waals surface area contributed by atoms with Crippen molar-refractivity contribution in [3.8, 4) is 44.9 Å². The number of aromatic nitrogens is 4. The normalized spacial score (nSPS) is 12.1. The summed E-state index contributed by atoms with van der Waals surface area (Å²) in [4.78, 5) is 14.1. The maximum Gasteiger partial charge on any atom is 0.143 e. The van der Waals surface area contributed by atoms with Crippen LogP contribution < -0.4 is 0 Å². The molecule has 3 aromatic heterocycles. The van der Waals surface area contributed by atoms with Gasteiger partial charge < -0.3 is 9.55 Å². The summed E-state index contributed by atoms with van der Waals surface area (Å²) in [5.41, 5.74) is 11.8. The molecule has 0 fully saturated rings. The lowest BCUT2D eigenvalue weighted by molar-refractivity contribution is 0.413. The van der Waals surface area contributed by atoms with Crippen molar-refractivity contribution in [1.29, 1.82) is 0 Å². The fraction of sp³-hybridized carbons (Fsp3) is 0.0909. The van der Waals surface area contributed by atoms with Crippen LogP contribution in [0.4, 0.5) is 0 Å². The number of imidazole rings is 1. The van der Waals surface area contributed by atoms with Gasteiger partial charge in [-0.1, -0.05) is 97.1 Å². The fourth-order valence-corrected chi connectivity index (χ4v) is 7.32. The van der Waals surface area contributed by atoms with Crippen molar-refractivity contribution in [3.05, 3.63) is 146 Å². The van der Waals surface area contributed by atoms with Crippen molar-refractivity contribution in [2.45, 2.75) is 26.3 Å². The van der Waals surface area contributed by atoms with Crippen molar-refractivity contribution in [2.75, 3.05) is 0 Å². The van der Waals surface area contributed by atoms with E-state index in [0.29, 0.717) is 0 Å². The largest absolute Gasteiger partial charge is 0.354 e. The van der Waals surface area contributed by atoms with Crippen LogP contribution in [0.2, 0.25) is 0 Å². The summed E-state index contributed by atoms with van der Waals surface area (Å²) in [5, 5.41) is 4.80. The first-order valence-electron chi connectivity index (χ1n) is 16.5. The molecule has 0 bridgehead atoms. The summed E-state index contributed by atoms with van der Waals surface area (Å²) >= 11 is 0. The zero-order valence-electron chi connectivity index (χ0n) is 27.2. The molecule has 1 N–H and O–H groups in total. The van der Waals surface area contributed by atoms with Crippen molar-refractivity contribution in [2.24, 2.45) is 0 Å². The number of rotatable bonds is 4. The van der Waals surface area contributed by atoms with Crippen LogP contribution in [0.5, 0.6) is 0 Å². The van der Waals surface area contributed by atoms with E-state index < -0.39 is 0 Å². The highest BCUT2D eigenvalue weighted by atomic mass is 15.1. The Balaban J connectivity index is 1.30. The number of hydrogen-bond donors (Lipinski definition) is 1. The summed E-state index contributed by atoms with van der Waals surface area (Å²) in [6.07, 6.45) is 1.91. The van der Waals surface area contributed by atoms with Gasteiger partial charge in [-0.2, -0.15) is 0 Å². The van der Waals surface area contributed by atoms with E-state index in [-0.39, 0.29) is 5.54 Å². The van der Waals surface area contributed by atoms with Crippen LogP contribution in [0.3, 0.4) is 0 Å². The SMILES string of the molecule is CC(C)(C)n1c(-c2cccc3c2[nH]c2ccccc23)nc2c(-c3cc(-c4cc(-c5ccccc5)ccn4)cc4ccccc34)cccc21. The number of para-hydroxylation sites is 3. The lowest BCUT2D eigenvalue weighted by Crippen LogP contribution is -2.22. The molecule has 230 valence electrons. The van der Waals surface area contributed by atoms with Crippen LogP contribution >= 0.6 is 0 Å². The molecule has 6 aromatic carbocycles. The van der Waals surface area contributed by atoms with Crippen molar-refractivity contribution in [3.63, 3.8) is 0 Å². The van der Waals surface area contributed by atoms with E-state index in [4.69, 9.17) is 9.97 Å². The molecular weight excluding hydrogens is 585 g/mol. The van der Waals surface area contributed by atoms with E-state index >= 15 is 0 Å². The Morgan fingerprint density at radius 2 is 1.29 bits per heavy atom. The average molecular weight is 619 g/mol. The zero-order chi connectivity index (χ0) is 32.4. The van der Waals surface area contributed by atoms with Crippen LogP contribution in [0, 0.1) is 0 Å². The second kappa shape index (κ2) is 10.8. The molecule has 0 aliphatic carbocycles. The molecule has 0 aliphatic heterocycles. The minimum atomic E-state index is -0.220. The van der Waals surface area contributed by atoms with Crippen LogP contribution in [0.25, 0.3) is 88.5 Å². The first-order chi connectivity index (χ1) is 23.4. The van der Waals surface area contributed by atoms with Gasteiger partial charge >= 0.3 is 0 Å². The molecule has 3 heterocycles. The highest BCUT2D eigenvalue weighted by molar-refractivity contribution is 6.12. The molecule has 0 unspecified atom stereocenters. The van der Waals surface area contributed by atoms with Gasteiger partial charge in [0.05, 0.1) is 22.2 Å².